The SMILES string of the molecule is O=C(c1cnc2c(CO)csc2c1NCc1ccccc1)N1Cc2ccccc2C1. The smallest absolute Gasteiger partial charge is 0.258 e. The van der Waals surface area contributed by atoms with Gasteiger partial charge in [0.1, 0.15) is 0 Å². The monoisotopic (exact) mass is 415 g/mol. The summed E-state index contributed by atoms with van der Waals surface area (Å²) in [5, 5.41) is 15.0. The van der Waals surface area contributed by atoms with Gasteiger partial charge in [0.05, 0.1) is 28.1 Å². The van der Waals surface area contributed by atoms with Gasteiger partial charge in [0.2, 0.25) is 0 Å². The number of pyridine rings is 1. The summed E-state index contributed by atoms with van der Waals surface area (Å²) in [6.07, 6.45) is 1.65. The Morgan fingerprint density at radius 1 is 1.07 bits per heavy atom. The molecule has 1 amide bonds. The molecule has 2 N–H and O–H groups in total. The van der Waals surface area contributed by atoms with Crippen molar-refractivity contribution in [2.45, 2.75) is 26.2 Å². The number of anilines is 1. The Hall–Kier alpha value is -3.22. The van der Waals surface area contributed by atoms with Crippen LogP contribution in [-0.2, 0) is 26.2 Å². The molecule has 0 bridgehead atoms. The lowest BCUT2D eigenvalue weighted by atomic mass is 10.1. The van der Waals surface area contributed by atoms with Crippen LogP contribution in [0.5, 0.6) is 0 Å². The number of fused-ring (bicyclic) bond motifs is 2. The lowest BCUT2D eigenvalue weighted by Gasteiger charge is -2.19. The number of aliphatic hydroxyl groups excluding tert-OH is 1. The van der Waals surface area contributed by atoms with E-state index in [0.717, 1.165) is 27.0 Å². The second-order valence-corrected chi connectivity index (χ2v) is 8.29. The third-order valence-electron chi connectivity index (χ3n) is 5.50. The molecular weight excluding hydrogens is 394 g/mol. The highest BCUT2D eigenvalue weighted by molar-refractivity contribution is 7.18. The van der Waals surface area contributed by atoms with Crippen LogP contribution in [0.25, 0.3) is 10.2 Å². The number of hydrogen-bond acceptors (Lipinski definition) is 5. The van der Waals surface area contributed by atoms with Crippen molar-refractivity contribution in [1.82, 2.24) is 9.88 Å². The largest absolute Gasteiger partial charge is 0.392 e. The van der Waals surface area contributed by atoms with E-state index in [-0.39, 0.29) is 12.5 Å². The minimum Gasteiger partial charge on any atom is -0.392 e. The molecule has 30 heavy (non-hydrogen) atoms. The van der Waals surface area contributed by atoms with E-state index in [0.29, 0.717) is 25.2 Å². The number of nitrogens with zero attached hydrogens (tertiary/aromatic N) is 2. The molecule has 3 heterocycles. The summed E-state index contributed by atoms with van der Waals surface area (Å²) in [6.45, 7) is 1.75. The molecule has 1 aliphatic heterocycles. The number of nitrogens with one attached hydrogen (secondary N) is 1. The van der Waals surface area contributed by atoms with E-state index in [2.05, 4.69) is 34.6 Å². The Morgan fingerprint density at radius 2 is 1.77 bits per heavy atom. The third kappa shape index (κ3) is 3.34. The molecule has 0 atom stereocenters. The molecule has 0 aliphatic carbocycles. The van der Waals surface area contributed by atoms with Gasteiger partial charge in [0.15, 0.2) is 0 Å². The van der Waals surface area contributed by atoms with Gasteiger partial charge < -0.3 is 15.3 Å². The second-order valence-electron chi connectivity index (χ2n) is 7.41. The number of rotatable bonds is 5. The van der Waals surface area contributed by atoms with Crippen molar-refractivity contribution in [3.63, 3.8) is 0 Å². The van der Waals surface area contributed by atoms with Crippen LogP contribution < -0.4 is 5.32 Å². The molecule has 0 radical (unpaired) electrons. The average molecular weight is 416 g/mol. The fraction of sp³-hybridized carbons (Fsp3) is 0.167. The van der Waals surface area contributed by atoms with Gasteiger partial charge in [0, 0.05) is 31.4 Å². The van der Waals surface area contributed by atoms with Gasteiger partial charge in [-0.1, -0.05) is 54.6 Å². The highest BCUT2D eigenvalue weighted by Crippen LogP contribution is 2.35. The topological polar surface area (TPSA) is 65.5 Å². The second kappa shape index (κ2) is 7.89. The predicted octanol–water partition coefficient (Wildman–Crippen LogP) is 4.56. The minimum atomic E-state index is -0.0696. The van der Waals surface area contributed by atoms with Crippen molar-refractivity contribution >= 4 is 33.1 Å². The summed E-state index contributed by atoms with van der Waals surface area (Å²) in [6, 6.07) is 18.3. The standard InChI is InChI=1S/C24H21N3O2S/c28-14-19-15-30-23-21(19)26-11-20(22(23)25-10-16-6-2-1-3-7-16)24(29)27-12-17-8-4-5-9-18(17)13-27/h1-9,11,15,28H,10,12-14H2,(H,25,26). The molecule has 0 unspecified atom stereocenters. The predicted molar refractivity (Wildman–Crippen MR) is 119 cm³/mol. The molecule has 0 spiro atoms. The molecular formula is C24H21N3O2S. The van der Waals surface area contributed by atoms with Gasteiger partial charge >= 0.3 is 0 Å². The van der Waals surface area contributed by atoms with Crippen LogP contribution >= 0.6 is 11.3 Å². The lowest BCUT2D eigenvalue weighted by Crippen LogP contribution is -2.26. The number of thiophene rings is 1. The lowest BCUT2D eigenvalue weighted by molar-refractivity contribution is 0.0752. The summed E-state index contributed by atoms with van der Waals surface area (Å²) in [5.74, 6) is -0.0323. The van der Waals surface area contributed by atoms with Crippen molar-refractivity contribution in [2.75, 3.05) is 5.32 Å². The van der Waals surface area contributed by atoms with Crippen LogP contribution in [0.2, 0.25) is 0 Å². The van der Waals surface area contributed by atoms with Crippen LogP contribution in [0.15, 0.2) is 66.2 Å². The summed E-state index contributed by atoms with van der Waals surface area (Å²) in [7, 11) is 0. The summed E-state index contributed by atoms with van der Waals surface area (Å²) in [4.78, 5) is 19.9. The van der Waals surface area contributed by atoms with Crippen molar-refractivity contribution in [3.8, 4) is 0 Å². The maximum Gasteiger partial charge on any atom is 0.258 e. The summed E-state index contributed by atoms with van der Waals surface area (Å²) >= 11 is 1.51. The van der Waals surface area contributed by atoms with Crippen molar-refractivity contribution in [2.24, 2.45) is 0 Å². The van der Waals surface area contributed by atoms with Crippen molar-refractivity contribution in [1.29, 1.82) is 0 Å². The Balaban J connectivity index is 1.51. The molecule has 5 rings (SSSR count). The van der Waals surface area contributed by atoms with Crippen LogP contribution in [-0.4, -0.2) is 20.9 Å². The Bertz CT molecular complexity index is 1190. The normalized spacial score (nSPS) is 12.9. The zero-order valence-corrected chi connectivity index (χ0v) is 17.2. The number of aliphatic hydroxyl groups is 1. The molecule has 1 aliphatic rings. The number of hydrogen-bond donors (Lipinski definition) is 2. The summed E-state index contributed by atoms with van der Waals surface area (Å²) < 4.78 is 0.901. The van der Waals surface area contributed by atoms with E-state index in [1.807, 2.05) is 40.6 Å². The first-order valence-electron chi connectivity index (χ1n) is 9.88. The van der Waals surface area contributed by atoms with Gasteiger partial charge in [-0.05, 0) is 22.1 Å². The molecule has 0 fully saturated rings. The van der Waals surface area contributed by atoms with Gasteiger partial charge in [-0.2, -0.15) is 0 Å². The van der Waals surface area contributed by atoms with Gasteiger partial charge in [-0.15, -0.1) is 11.3 Å². The third-order valence-corrected chi connectivity index (χ3v) is 6.53. The maximum absolute atomic E-state index is 13.5. The van der Waals surface area contributed by atoms with Crippen LogP contribution in [0.1, 0.15) is 32.6 Å². The quantitative estimate of drug-likeness (QED) is 0.502. The molecule has 150 valence electrons. The fourth-order valence-corrected chi connectivity index (χ4v) is 4.95. The van der Waals surface area contributed by atoms with Gasteiger partial charge in [0.25, 0.3) is 5.91 Å². The van der Waals surface area contributed by atoms with E-state index in [9.17, 15) is 9.90 Å². The first-order valence-corrected chi connectivity index (χ1v) is 10.8. The molecule has 0 saturated heterocycles. The maximum atomic E-state index is 13.5. The number of carbonyl (C=O) groups excluding carboxylic acids is 1. The average Bonchev–Trinajstić information content (AvgIpc) is 3.41. The van der Waals surface area contributed by atoms with E-state index in [1.54, 1.807) is 6.20 Å². The Labute approximate surface area is 178 Å². The van der Waals surface area contributed by atoms with E-state index in [1.165, 1.54) is 22.5 Å². The van der Waals surface area contributed by atoms with Crippen molar-refractivity contribution in [3.05, 3.63) is 94.0 Å². The Kier molecular flexibility index (Phi) is 4.94. The number of aromatic nitrogens is 1. The van der Waals surface area contributed by atoms with Crippen LogP contribution in [0, 0.1) is 0 Å². The molecule has 5 nitrogen and oxygen atoms in total. The number of amides is 1. The van der Waals surface area contributed by atoms with Crippen molar-refractivity contribution < 1.29 is 9.90 Å². The molecule has 6 heteroatoms. The van der Waals surface area contributed by atoms with Crippen LogP contribution in [0.4, 0.5) is 5.69 Å². The first kappa shape index (κ1) is 18.8. The highest BCUT2D eigenvalue weighted by Gasteiger charge is 2.27. The van der Waals surface area contributed by atoms with E-state index >= 15 is 0 Å². The van der Waals surface area contributed by atoms with Crippen LogP contribution in [0.3, 0.4) is 0 Å². The Morgan fingerprint density at radius 3 is 2.47 bits per heavy atom. The van der Waals surface area contributed by atoms with E-state index < -0.39 is 0 Å². The zero-order chi connectivity index (χ0) is 20.5. The molecule has 2 aromatic heterocycles. The molecule has 0 saturated carbocycles. The fourth-order valence-electron chi connectivity index (χ4n) is 3.91. The number of benzene rings is 2. The van der Waals surface area contributed by atoms with Gasteiger partial charge in [-0.25, -0.2) is 0 Å². The number of carbonyl (C=O) groups is 1. The molecule has 2 aromatic carbocycles. The van der Waals surface area contributed by atoms with E-state index in [4.69, 9.17) is 0 Å². The first-order chi connectivity index (χ1) is 14.7. The highest BCUT2D eigenvalue weighted by atomic mass is 32.1. The zero-order valence-electron chi connectivity index (χ0n) is 16.3. The minimum absolute atomic E-state index is 0.0323. The molecule has 4 aromatic rings. The summed E-state index contributed by atoms with van der Waals surface area (Å²) in [5.41, 5.74) is 6.40. The van der Waals surface area contributed by atoms with Gasteiger partial charge in [-0.3, -0.25) is 9.78 Å².